The van der Waals surface area contributed by atoms with Crippen LogP contribution in [0.2, 0.25) is 0 Å². The van der Waals surface area contributed by atoms with Crippen molar-refractivity contribution in [3.05, 3.63) is 24.0 Å². The number of likely N-dealkylation sites (tertiary alicyclic amines) is 1. The maximum Gasteiger partial charge on any atom is 0.216 e. The molecule has 0 aromatic carbocycles. The van der Waals surface area contributed by atoms with E-state index in [4.69, 9.17) is 4.74 Å². The van der Waals surface area contributed by atoms with Crippen molar-refractivity contribution in [2.75, 3.05) is 20.2 Å². The zero-order valence-corrected chi connectivity index (χ0v) is 10.8. The Morgan fingerprint density at radius 1 is 1.44 bits per heavy atom. The van der Waals surface area contributed by atoms with Crippen LogP contribution < -0.4 is 4.74 Å². The first-order chi connectivity index (χ1) is 8.83. The highest BCUT2D eigenvalue weighted by Gasteiger charge is 2.28. The summed E-state index contributed by atoms with van der Waals surface area (Å²) in [7, 11) is 1.66. The molecular weight excluding hydrogens is 228 g/mol. The van der Waals surface area contributed by atoms with Crippen molar-refractivity contribution >= 4 is 5.65 Å². The van der Waals surface area contributed by atoms with Crippen LogP contribution in [0.15, 0.2) is 18.2 Å². The molecule has 3 heterocycles. The Morgan fingerprint density at radius 2 is 2.33 bits per heavy atom. The van der Waals surface area contributed by atoms with Crippen LogP contribution in [-0.4, -0.2) is 39.7 Å². The second kappa shape index (κ2) is 4.57. The predicted octanol–water partition coefficient (Wildman–Crippen LogP) is 1.89. The Bertz CT molecular complexity index is 551. The topological polar surface area (TPSA) is 42.7 Å². The van der Waals surface area contributed by atoms with Crippen molar-refractivity contribution in [2.24, 2.45) is 0 Å². The van der Waals surface area contributed by atoms with Gasteiger partial charge in [-0.2, -0.15) is 4.52 Å². The van der Waals surface area contributed by atoms with Gasteiger partial charge >= 0.3 is 0 Å². The van der Waals surface area contributed by atoms with Gasteiger partial charge in [0, 0.05) is 6.07 Å². The van der Waals surface area contributed by atoms with E-state index in [0.29, 0.717) is 6.04 Å². The molecule has 0 N–H and O–H groups in total. The molecule has 1 fully saturated rings. The number of rotatable bonds is 3. The molecule has 96 valence electrons. The first-order valence-corrected chi connectivity index (χ1v) is 6.47. The molecule has 0 bridgehead atoms. The third-order valence-corrected chi connectivity index (χ3v) is 3.62. The third-order valence-electron chi connectivity index (χ3n) is 3.62. The van der Waals surface area contributed by atoms with Gasteiger partial charge in [0.25, 0.3) is 0 Å². The van der Waals surface area contributed by atoms with Crippen LogP contribution in [0.5, 0.6) is 5.88 Å². The van der Waals surface area contributed by atoms with E-state index in [0.717, 1.165) is 36.9 Å². The predicted molar refractivity (Wildman–Crippen MR) is 68.8 cm³/mol. The maximum absolute atomic E-state index is 5.30. The van der Waals surface area contributed by atoms with Crippen molar-refractivity contribution in [3.63, 3.8) is 0 Å². The molecule has 2 aromatic heterocycles. The molecule has 5 nitrogen and oxygen atoms in total. The Labute approximate surface area is 106 Å². The quantitative estimate of drug-likeness (QED) is 0.829. The summed E-state index contributed by atoms with van der Waals surface area (Å²) in [6.45, 7) is 4.39. The fourth-order valence-electron chi connectivity index (χ4n) is 2.69. The highest BCUT2D eigenvalue weighted by molar-refractivity contribution is 5.41. The summed E-state index contributed by atoms with van der Waals surface area (Å²) in [6.07, 6.45) is 2.37. The smallest absolute Gasteiger partial charge is 0.216 e. The van der Waals surface area contributed by atoms with Gasteiger partial charge in [0.05, 0.1) is 13.2 Å². The van der Waals surface area contributed by atoms with Gasteiger partial charge in [-0.25, -0.2) is 4.98 Å². The zero-order valence-electron chi connectivity index (χ0n) is 10.8. The van der Waals surface area contributed by atoms with E-state index < -0.39 is 0 Å². The lowest BCUT2D eigenvalue weighted by atomic mass is 10.2. The average Bonchev–Trinajstić information content (AvgIpc) is 3.03. The van der Waals surface area contributed by atoms with Crippen molar-refractivity contribution in [1.82, 2.24) is 19.5 Å². The maximum atomic E-state index is 5.30. The Kier molecular flexibility index (Phi) is 2.91. The summed E-state index contributed by atoms with van der Waals surface area (Å²) >= 11 is 0. The van der Waals surface area contributed by atoms with Crippen LogP contribution in [0.25, 0.3) is 5.65 Å². The molecule has 0 radical (unpaired) electrons. The lowest BCUT2D eigenvalue weighted by molar-refractivity contribution is 0.262. The molecule has 0 spiro atoms. The minimum absolute atomic E-state index is 0.361. The first-order valence-electron chi connectivity index (χ1n) is 6.47. The van der Waals surface area contributed by atoms with Gasteiger partial charge < -0.3 is 4.74 Å². The largest absolute Gasteiger partial charge is 0.481 e. The number of ether oxygens (including phenoxy) is 1. The molecule has 0 amide bonds. The van der Waals surface area contributed by atoms with Crippen molar-refractivity contribution < 1.29 is 4.74 Å². The molecule has 1 atom stereocenters. The third kappa shape index (κ3) is 1.75. The molecule has 3 rings (SSSR count). The molecule has 0 aliphatic carbocycles. The van der Waals surface area contributed by atoms with Crippen molar-refractivity contribution in [3.8, 4) is 5.88 Å². The molecular formula is C13H18N4O. The molecule has 1 aliphatic heterocycles. The van der Waals surface area contributed by atoms with Crippen LogP contribution in [0.4, 0.5) is 0 Å². The van der Waals surface area contributed by atoms with Gasteiger partial charge in [0.2, 0.25) is 5.88 Å². The van der Waals surface area contributed by atoms with Crippen LogP contribution in [0, 0.1) is 0 Å². The number of methoxy groups -OCH3 is 1. The first kappa shape index (κ1) is 11.5. The molecule has 18 heavy (non-hydrogen) atoms. The number of fused-ring (bicyclic) bond motifs is 1. The SMILES string of the molecule is CCN1CCCC1c1nc2cccc(OC)n2n1. The highest BCUT2D eigenvalue weighted by Crippen LogP contribution is 2.30. The number of hydrogen-bond acceptors (Lipinski definition) is 4. The van der Waals surface area contributed by atoms with Crippen molar-refractivity contribution in [2.45, 2.75) is 25.8 Å². The molecule has 1 aliphatic rings. The fraction of sp³-hybridized carbons (Fsp3) is 0.538. The number of hydrogen-bond donors (Lipinski definition) is 0. The van der Waals surface area contributed by atoms with Gasteiger partial charge in [0.1, 0.15) is 0 Å². The van der Waals surface area contributed by atoms with E-state index in [2.05, 4.69) is 21.9 Å². The summed E-state index contributed by atoms with van der Waals surface area (Å²) in [5, 5.41) is 4.60. The van der Waals surface area contributed by atoms with Crippen LogP contribution in [0.1, 0.15) is 31.6 Å². The average molecular weight is 246 g/mol. The molecule has 0 saturated carbocycles. The molecule has 2 aromatic rings. The monoisotopic (exact) mass is 246 g/mol. The minimum atomic E-state index is 0.361. The van der Waals surface area contributed by atoms with Gasteiger partial charge in [0.15, 0.2) is 11.5 Å². The minimum Gasteiger partial charge on any atom is -0.481 e. The Hall–Kier alpha value is -1.62. The van der Waals surface area contributed by atoms with Crippen molar-refractivity contribution in [1.29, 1.82) is 0 Å². The summed E-state index contributed by atoms with van der Waals surface area (Å²) in [5.74, 6) is 1.64. The van der Waals surface area contributed by atoms with Crippen LogP contribution in [0.3, 0.4) is 0 Å². The second-order valence-electron chi connectivity index (χ2n) is 4.59. The summed E-state index contributed by atoms with van der Waals surface area (Å²) in [5.41, 5.74) is 0.854. The normalized spacial score (nSPS) is 20.7. The van der Waals surface area contributed by atoms with E-state index in [9.17, 15) is 0 Å². The van der Waals surface area contributed by atoms with Gasteiger partial charge in [-0.1, -0.05) is 13.0 Å². The molecule has 1 saturated heterocycles. The summed E-state index contributed by atoms with van der Waals surface area (Å²) in [6, 6.07) is 6.17. The van der Waals surface area contributed by atoms with E-state index in [1.54, 1.807) is 11.6 Å². The van der Waals surface area contributed by atoms with E-state index >= 15 is 0 Å². The van der Waals surface area contributed by atoms with Crippen LogP contribution in [-0.2, 0) is 0 Å². The number of pyridine rings is 1. The highest BCUT2D eigenvalue weighted by atomic mass is 16.5. The fourth-order valence-corrected chi connectivity index (χ4v) is 2.69. The number of nitrogens with zero attached hydrogens (tertiary/aromatic N) is 4. The van der Waals surface area contributed by atoms with Crippen LogP contribution >= 0.6 is 0 Å². The van der Waals surface area contributed by atoms with Gasteiger partial charge in [-0.15, -0.1) is 5.10 Å². The second-order valence-corrected chi connectivity index (χ2v) is 4.59. The number of aromatic nitrogens is 3. The molecule has 1 unspecified atom stereocenters. The zero-order chi connectivity index (χ0) is 12.5. The standard InChI is InChI=1S/C13H18N4O/c1-3-16-9-5-6-10(16)13-14-11-7-4-8-12(18-2)17(11)15-13/h4,7-8,10H,3,5-6,9H2,1-2H3. The Morgan fingerprint density at radius 3 is 3.11 bits per heavy atom. The van der Waals surface area contributed by atoms with Gasteiger partial charge in [-0.05, 0) is 32.0 Å². The van der Waals surface area contributed by atoms with Gasteiger partial charge in [-0.3, -0.25) is 4.90 Å². The van der Waals surface area contributed by atoms with E-state index in [1.807, 2.05) is 18.2 Å². The Balaban J connectivity index is 2.03. The summed E-state index contributed by atoms with van der Waals surface area (Å²) < 4.78 is 7.08. The molecule has 5 heteroatoms. The lowest BCUT2D eigenvalue weighted by Crippen LogP contribution is -2.23. The summed E-state index contributed by atoms with van der Waals surface area (Å²) in [4.78, 5) is 7.06. The van der Waals surface area contributed by atoms with E-state index in [-0.39, 0.29) is 0 Å². The lowest BCUT2D eigenvalue weighted by Gasteiger charge is -2.19. The van der Waals surface area contributed by atoms with E-state index in [1.165, 1.54) is 6.42 Å².